The molecule has 1 unspecified atom stereocenters. The Bertz CT molecular complexity index is 947. The Labute approximate surface area is 174 Å². The molecule has 0 saturated heterocycles. The smallest absolute Gasteiger partial charge is 0.231 e. The third kappa shape index (κ3) is 5.38. The van der Waals surface area contributed by atoms with Crippen molar-refractivity contribution in [3.8, 4) is 11.5 Å². The molecule has 2 heterocycles. The van der Waals surface area contributed by atoms with Crippen molar-refractivity contribution >= 4 is 0 Å². The van der Waals surface area contributed by atoms with Crippen LogP contribution in [0.2, 0.25) is 0 Å². The summed E-state index contributed by atoms with van der Waals surface area (Å²) < 4.78 is 35.8. The Kier molecular flexibility index (Phi) is 6.63. The maximum absolute atomic E-state index is 14.2. The van der Waals surface area contributed by atoms with E-state index in [2.05, 4.69) is 0 Å². The van der Waals surface area contributed by atoms with Crippen molar-refractivity contribution < 1.29 is 28.1 Å². The molecule has 0 bridgehead atoms. The van der Waals surface area contributed by atoms with E-state index in [-0.39, 0.29) is 19.2 Å². The van der Waals surface area contributed by atoms with Gasteiger partial charge < -0.3 is 23.7 Å². The molecule has 30 heavy (non-hydrogen) atoms. The molecule has 6 nitrogen and oxygen atoms in total. The highest BCUT2D eigenvalue weighted by molar-refractivity contribution is 5.44. The molecule has 158 valence electrons. The summed E-state index contributed by atoms with van der Waals surface area (Å²) in [5.74, 6) is 1.84. The van der Waals surface area contributed by atoms with Crippen molar-refractivity contribution in [3.05, 3.63) is 83.6 Å². The first kappa shape index (κ1) is 20.4. The number of ether oxygens (including phenoxy) is 3. The number of hydrogen-bond donors (Lipinski definition) is 1. The Balaban J connectivity index is 1.40. The van der Waals surface area contributed by atoms with Crippen molar-refractivity contribution in [1.29, 1.82) is 0 Å². The predicted octanol–water partition coefficient (Wildman–Crippen LogP) is 3.73. The number of benzene rings is 2. The first-order chi connectivity index (χ1) is 14.7. The molecule has 1 aromatic heterocycles. The highest BCUT2D eigenvalue weighted by Gasteiger charge is 2.18. The summed E-state index contributed by atoms with van der Waals surface area (Å²) in [7, 11) is 0. The SMILES string of the molecule is OC(COCc1ccco1)CN(Cc1ccc2c(c1)OCO2)Cc1ccccc1F. The van der Waals surface area contributed by atoms with Gasteiger partial charge in [0.05, 0.1) is 19.0 Å². The largest absolute Gasteiger partial charge is 0.467 e. The molecule has 0 amide bonds. The fraction of sp³-hybridized carbons (Fsp3) is 0.304. The predicted molar refractivity (Wildman–Crippen MR) is 107 cm³/mol. The topological polar surface area (TPSA) is 64.3 Å². The Morgan fingerprint density at radius 2 is 1.90 bits per heavy atom. The molecule has 0 spiro atoms. The summed E-state index contributed by atoms with van der Waals surface area (Å²) in [5.41, 5.74) is 1.56. The Morgan fingerprint density at radius 3 is 2.73 bits per heavy atom. The average Bonchev–Trinajstić information content (AvgIpc) is 3.41. The van der Waals surface area contributed by atoms with Crippen LogP contribution in [-0.4, -0.2) is 36.1 Å². The van der Waals surface area contributed by atoms with Gasteiger partial charge in [0.25, 0.3) is 0 Å². The highest BCUT2D eigenvalue weighted by Crippen LogP contribution is 2.33. The lowest BCUT2D eigenvalue weighted by atomic mass is 10.1. The van der Waals surface area contributed by atoms with E-state index in [1.807, 2.05) is 29.2 Å². The normalized spacial score (nSPS) is 13.7. The summed E-state index contributed by atoms with van der Waals surface area (Å²) in [6.07, 6.45) is 0.845. The molecule has 7 heteroatoms. The van der Waals surface area contributed by atoms with Crippen LogP contribution in [0.1, 0.15) is 16.9 Å². The number of nitrogens with zero attached hydrogens (tertiary/aromatic N) is 1. The zero-order valence-electron chi connectivity index (χ0n) is 16.5. The summed E-state index contributed by atoms with van der Waals surface area (Å²) in [6, 6.07) is 16.0. The Hall–Kier alpha value is -2.87. The molecular weight excluding hydrogens is 389 g/mol. The van der Waals surface area contributed by atoms with E-state index in [4.69, 9.17) is 18.6 Å². The monoisotopic (exact) mass is 413 g/mol. The highest BCUT2D eigenvalue weighted by atomic mass is 19.1. The zero-order chi connectivity index (χ0) is 20.8. The number of halogens is 1. The molecule has 0 fully saturated rings. The molecule has 1 N–H and O–H groups in total. The van der Waals surface area contributed by atoms with Gasteiger partial charge in [-0.15, -0.1) is 0 Å². The van der Waals surface area contributed by atoms with Gasteiger partial charge in [-0.1, -0.05) is 24.3 Å². The van der Waals surface area contributed by atoms with Gasteiger partial charge in [-0.2, -0.15) is 0 Å². The second kappa shape index (κ2) is 9.75. The minimum Gasteiger partial charge on any atom is -0.467 e. The lowest BCUT2D eigenvalue weighted by molar-refractivity contribution is 0.00238. The third-order valence-electron chi connectivity index (χ3n) is 4.80. The molecule has 1 aliphatic heterocycles. The average molecular weight is 413 g/mol. The minimum absolute atomic E-state index is 0.148. The minimum atomic E-state index is -0.735. The second-order valence-corrected chi connectivity index (χ2v) is 7.20. The fourth-order valence-electron chi connectivity index (χ4n) is 3.39. The maximum atomic E-state index is 14.2. The van der Waals surface area contributed by atoms with Gasteiger partial charge in [-0.3, -0.25) is 4.90 Å². The van der Waals surface area contributed by atoms with Crippen LogP contribution in [0.15, 0.2) is 65.3 Å². The first-order valence-corrected chi connectivity index (χ1v) is 9.80. The number of aliphatic hydroxyl groups excluding tert-OH is 1. The molecule has 2 aromatic carbocycles. The number of rotatable bonds is 10. The lowest BCUT2D eigenvalue weighted by Gasteiger charge is -2.25. The van der Waals surface area contributed by atoms with Crippen LogP contribution >= 0.6 is 0 Å². The summed E-state index contributed by atoms with van der Waals surface area (Å²) >= 11 is 0. The van der Waals surface area contributed by atoms with Crippen molar-refractivity contribution in [1.82, 2.24) is 4.90 Å². The van der Waals surface area contributed by atoms with Crippen molar-refractivity contribution in [3.63, 3.8) is 0 Å². The van der Waals surface area contributed by atoms with Crippen LogP contribution in [0, 0.1) is 5.82 Å². The van der Waals surface area contributed by atoms with E-state index in [1.54, 1.807) is 30.5 Å². The van der Waals surface area contributed by atoms with Gasteiger partial charge in [0.1, 0.15) is 18.2 Å². The van der Waals surface area contributed by atoms with Gasteiger partial charge in [0.15, 0.2) is 11.5 Å². The molecular formula is C23H24FNO5. The summed E-state index contributed by atoms with van der Waals surface area (Å²) in [6.45, 7) is 1.84. The van der Waals surface area contributed by atoms with Gasteiger partial charge in [0.2, 0.25) is 6.79 Å². The van der Waals surface area contributed by atoms with Gasteiger partial charge >= 0.3 is 0 Å². The summed E-state index contributed by atoms with van der Waals surface area (Å²) in [5, 5.41) is 10.5. The van der Waals surface area contributed by atoms with E-state index in [1.165, 1.54) is 6.07 Å². The maximum Gasteiger partial charge on any atom is 0.231 e. The van der Waals surface area contributed by atoms with Gasteiger partial charge in [-0.05, 0) is 35.9 Å². The first-order valence-electron chi connectivity index (χ1n) is 9.80. The third-order valence-corrected chi connectivity index (χ3v) is 4.80. The standard InChI is InChI=1S/C23H24FNO5/c24-21-6-2-1-4-18(21)12-25(11-17-7-8-22-23(10-17)30-16-29-22)13-19(26)14-27-15-20-5-3-9-28-20/h1-10,19,26H,11-16H2. The Morgan fingerprint density at radius 1 is 1.03 bits per heavy atom. The van der Waals surface area contributed by atoms with Gasteiger partial charge in [-0.25, -0.2) is 4.39 Å². The fourth-order valence-corrected chi connectivity index (χ4v) is 3.39. The van der Waals surface area contributed by atoms with Crippen molar-refractivity contribution in [2.45, 2.75) is 25.8 Å². The van der Waals surface area contributed by atoms with E-state index in [0.29, 0.717) is 49.1 Å². The van der Waals surface area contributed by atoms with Crippen LogP contribution in [0.4, 0.5) is 4.39 Å². The molecule has 1 atom stereocenters. The second-order valence-electron chi connectivity index (χ2n) is 7.20. The quantitative estimate of drug-likeness (QED) is 0.547. The van der Waals surface area contributed by atoms with Crippen LogP contribution in [-0.2, 0) is 24.4 Å². The van der Waals surface area contributed by atoms with Crippen molar-refractivity contribution in [2.24, 2.45) is 0 Å². The molecule has 0 radical (unpaired) electrons. The molecule has 0 aliphatic carbocycles. The zero-order valence-corrected chi connectivity index (χ0v) is 16.5. The number of hydrogen-bond acceptors (Lipinski definition) is 6. The van der Waals surface area contributed by atoms with E-state index in [9.17, 15) is 9.50 Å². The molecule has 1 aliphatic rings. The number of aliphatic hydroxyl groups is 1. The lowest BCUT2D eigenvalue weighted by Crippen LogP contribution is -2.34. The van der Waals surface area contributed by atoms with E-state index < -0.39 is 6.10 Å². The number of fused-ring (bicyclic) bond motifs is 1. The van der Waals surface area contributed by atoms with E-state index in [0.717, 1.165) is 5.56 Å². The van der Waals surface area contributed by atoms with E-state index >= 15 is 0 Å². The van der Waals surface area contributed by atoms with Gasteiger partial charge in [0, 0.05) is 25.2 Å². The summed E-state index contributed by atoms with van der Waals surface area (Å²) in [4.78, 5) is 1.98. The van der Waals surface area contributed by atoms with Crippen LogP contribution in [0.3, 0.4) is 0 Å². The van der Waals surface area contributed by atoms with Crippen LogP contribution in [0.25, 0.3) is 0 Å². The number of furan rings is 1. The molecule has 3 aromatic rings. The van der Waals surface area contributed by atoms with Crippen molar-refractivity contribution in [2.75, 3.05) is 19.9 Å². The molecule has 4 rings (SSSR count). The van der Waals surface area contributed by atoms with Crippen LogP contribution in [0.5, 0.6) is 11.5 Å². The van der Waals surface area contributed by atoms with Crippen LogP contribution < -0.4 is 9.47 Å². The molecule has 0 saturated carbocycles.